The number of hydrogen-bond donors (Lipinski definition) is 1. The van der Waals surface area contributed by atoms with Gasteiger partial charge >= 0.3 is 5.97 Å². The van der Waals surface area contributed by atoms with Crippen LogP contribution in [0.15, 0.2) is 12.2 Å². The highest BCUT2D eigenvalue weighted by atomic mass is 28.4. The van der Waals surface area contributed by atoms with Gasteiger partial charge in [-0.05, 0) is 53.1 Å². The lowest BCUT2D eigenvalue weighted by atomic mass is 10.1. The zero-order valence-corrected chi connectivity index (χ0v) is 20.9. The average molecular weight is 393 g/mol. The predicted octanol–water partition coefficient (Wildman–Crippen LogP) is 2.01. The van der Waals surface area contributed by atoms with E-state index in [1.807, 2.05) is 6.92 Å². The maximum Gasteiger partial charge on any atom is 0.333 e. The molecule has 1 N–H and O–H groups in total. The summed E-state index contributed by atoms with van der Waals surface area (Å²) in [5, 5.41) is 9.87. The van der Waals surface area contributed by atoms with Crippen molar-refractivity contribution >= 4 is 32.8 Å². The van der Waals surface area contributed by atoms with E-state index in [1.54, 1.807) is 6.92 Å². The molecule has 0 aliphatic carbocycles. The van der Waals surface area contributed by atoms with Crippen LogP contribution in [-0.2, 0) is 18.4 Å². The van der Waals surface area contributed by atoms with Gasteiger partial charge < -0.3 is 18.7 Å². The molecule has 0 aromatic heterocycles. The Bertz CT molecular complexity index is 442. The molecule has 0 radical (unpaired) electrons. The molecule has 0 aromatic rings. The first kappa shape index (κ1) is 23.7. The number of carbonyl (C=O) groups is 1. The van der Waals surface area contributed by atoms with Crippen LogP contribution in [0.4, 0.5) is 0 Å². The monoisotopic (exact) mass is 392 g/mol. The number of carbonyl (C=O) groups excluding carboxylic acids is 1. The summed E-state index contributed by atoms with van der Waals surface area (Å²) in [7, 11) is -2.84. The molecular formula is C16H36O5Si3. The summed E-state index contributed by atoms with van der Waals surface area (Å²) in [4.78, 5) is 11.5. The van der Waals surface area contributed by atoms with E-state index in [4.69, 9.17) is 13.6 Å². The van der Waals surface area contributed by atoms with Gasteiger partial charge in [-0.3, -0.25) is 0 Å². The zero-order chi connectivity index (χ0) is 19.3. The first-order chi connectivity index (χ1) is 10.6. The lowest BCUT2D eigenvalue weighted by Crippen LogP contribution is -2.55. The second-order valence-electron chi connectivity index (χ2n) is 8.64. The van der Waals surface area contributed by atoms with E-state index in [9.17, 15) is 9.90 Å². The summed E-state index contributed by atoms with van der Waals surface area (Å²) in [5.74, 6) is -0.481. The molecule has 3 unspecified atom stereocenters. The normalized spacial score (nSPS) is 17.9. The van der Waals surface area contributed by atoms with Crippen LogP contribution in [0, 0.1) is 0 Å². The molecule has 0 saturated heterocycles. The minimum absolute atomic E-state index is 0.0512. The van der Waals surface area contributed by atoms with Gasteiger partial charge in [-0.15, -0.1) is 0 Å². The maximum atomic E-state index is 11.5. The number of ether oxygens (including phenoxy) is 1. The largest absolute Gasteiger partial charge is 0.460 e. The lowest BCUT2D eigenvalue weighted by Gasteiger charge is -2.44. The van der Waals surface area contributed by atoms with E-state index in [0.29, 0.717) is 22.2 Å². The van der Waals surface area contributed by atoms with Crippen molar-refractivity contribution < 1.29 is 23.5 Å². The van der Waals surface area contributed by atoms with Gasteiger partial charge in [0.2, 0.25) is 0 Å². The van der Waals surface area contributed by atoms with Gasteiger partial charge in [-0.25, -0.2) is 4.79 Å². The number of hydrogen-bond acceptors (Lipinski definition) is 5. The van der Waals surface area contributed by atoms with E-state index < -0.39 is 33.9 Å². The van der Waals surface area contributed by atoms with Crippen LogP contribution < -0.4 is 0 Å². The molecule has 142 valence electrons. The van der Waals surface area contributed by atoms with E-state index in [-0.39, 0.29) is 12.7 Å². The third-order valence-corrected chi connectivity index (χ3v) is 7.30. The molecule has 0 amide bonds. The van der Waals surface area contributed by atoms with Crippen LogP contribution >= 0.6 is 0 Å². The fraction of sp³-hybridized carbons (Fsp3) is 0.812. The Morgan fingerprint density at radius 1 is 1.21 bits per heavy atom. The topological polar surface area (TPSA) is 65.0 Å². The molecule has 0 fully saturated rings. The highest BCUT2D eigenvalue weighted by Gasteiger charge is 2.40. The van der Waals surface area contributed by atoms with Crippen molar-refractivity contribution in [2.75, 3.05) is 6.61 Å². The van der Waals surface area contributed by atoms with Crippen molar-refractivity contribution in [1.29, 1.82) is 0 Å². The summed E-state index contributed by atoms with van der Waals surface area (Å²) >= 11 is 0. The van der Waals surface area contributed by atoms with Gasteiger partial charge in [0, 0.05) is 22.2 Å². The number of rotatable bonds is 10. The van der Waals surface area contributed by atoms with Crippen molar-refractivity contribution in [2.24, 2.45) is 0 Å². The minimum Gasteiger partial charge on any atom is -0.460 e. The quantitative estimate of drug-likeness (QED) is 0.350. The Morgan fingerprint density at radius 2 is 1.71 bits per heavy atom. The SMILES string of the molecule is C=C(C)C(=O)OCC(O)CC([SiH3])(O[Si](C)(C)C)C(C)O[Si](C)(C)C. The number of esters is 1. The molecule has 24 heavy (non-hydrogen) atoms. The number of aliphatic hydroxyl groups excluding tert-OH is 1. The maximum absolute atomic E-state index is 11.5. The van der Waals surface area contributed by atoms with Crippen LogP contribution in [0.2, 0.25) is 39.3 Å². The van der Waals surface area contributed by atoms with Crippen LogP contribution in [0.5, 0.6) is 0 Å². The van der Waals surface area contributed by atoms with Gasteiger partial charge in [0.05, 0.1) is 17.4 Å². The fourth-order valence-corrected chi connectivity index (χ4v) is 8.09. The first-order valence-corrected chi connectivity index (χ1v) is 16.3. The Hall–Kier alpha value is -0.259. The molecular weight excluding hydrogens is 356 g/mol. The lowest BCUT2D eigenvalue weighted by molar-refractivity contribution is -0.143. The molecule has 0 heterocycles. The molecule has 0 spiro atoms. The van der Waals surface area contributed by atoms with Crippen LogP contribution in [0.25, 0.3) is 0 Å². The zero-order valence-electron chi connectivity index (χ0n) is 16.9. The Balaban J connectivity index is 5.06. The third-order valence-electron chi connectivity index (χ3n) is 3.33. The van der Waals surface area contributed by atoms with Gasteiger partial charge in [0.25, 0.3) is 0 Å². The molecule has 0 aliphatic heterocycles. The summed E-state index contributed by atoms with van der Waals surface area (Å²) < 4.78 is 17.8. The van der Waals surface area contributed by atoms with Crippen molar-refractivity contribution in [1.82, 2.24) is 0 Å². The Kier molecular flexibility index (Phi) is 8.81. The summed E-state index contributed by atoms with van der Waals surface area (Å²) in [6.45, 7) is 19.9. The highest BCUT2D eigenvalue weighted by molar-refractivity contribution is 6.70. The summed E-state index contributed by atoms with van der Waals surface area (Å²) in [5.41, 5.74) is 0.327. The standard InChI is InChI=1S/C16H36O5Si3/c1-12(2)15(18)19-11-14(17)10-16(22,21-24(7,8)9)13(3)20-23(4,5)6/h13-14,17H,1,10-11H2,2-9,22H3. The molecule has 0 aromatic carbocycles. The van der Waals surface area contributed by atoms with E-state index in [2.05, 4.69) is 45.9 Å². The Labute approximate surface area is 152 Å². The summed E-state index contributed by atoms with van der Waals surface area (Å²) in [6, 6.07) is 0. The summed E-state index contributed by atoms with van der Waals surface area (Å²) in [6.07, 6.45) is -0.484. The molecule has 0 saturated carbocycles. The third kappa shape index (κ3) is 9.90. The van der Waals surface area contributed by atoms with E-state index >= 15 is 0 Å². The van der Waals surface area contributed by atoms with Gasteiger partial charge in [0.15, 0.2) is 16.6 Å². The molecule has 3 atom stereocenters. The molecule has 5 nitrogen and oxygen atoms in total. The van der Waals surface area contributed by atoms with Crippen LogP contribution in [-0.4, -0.2) is 62.0 Å². The highest BCUT2D eigenvalue weighted by Crippen LogP contribution is 2.28. The van der Waals surface area contributed by atoms with Gasteiger partial charge in [0.1, 0.15) is 6.61 Å². The van der Waals surface area contributed by atoms with Gasteiger partial charge in [-0.1, -0.05) is 6.58 Å². The van der Waals surface area contributed by atoms with Crippen molar-refractivity contribution in [2.45, 2.75) is 77.0 Å². The van der Waals surface area contributed by atoms with Crippen LogP contribution in [0.1, 0.15) is 20.3 Å². The van der Waals surface area contributed by atoms with E-state index in [0.717, 1.165) is 0 Å². The van der Waals surface area contributed by atoms with Crippen molar-refractivity contribution in [3.05, 3.63) is 12.2 Å². The first-order valence-electron chi connectivity index (χ1n) is 8.44. The Morgan fingerprint density at radius 3 is 2.08 bits per heavy atom. The van der Waals surface area contributed by atoms with Crippen LogP contribution in [0.3, 0.4) is 0 Å². The van der Waals surface area contributed by atoms with Crippen molar-refractivity contribution in [3.8, 4) is 0 Å². The second-order valence-corrected chi connectivity index (χ2v) is 19.2. The molecule has 0 rings (SSSR count). The second kappa shape index (κ2) is 8.91. The predicted molar refractivity (Wildman–Crippen MR) is 107 cm³/mol. The molecule has 0 aliphatic rings. The molecule has 8 heteroatoms. The fourth-order valence-electron chi connectivity index (χ4n) is 2.47. The molecule has 0 bridgehead atoms. The van der Waals surface area contributed by atoms with E-state index in [1.165, 1.54) is 0 Å². The smallest absolute Gasteiger partial charge is 0.333 e. The number of aliphatic hydroxyl groups is 1. The van der Waals surface area contributed by atoms with Crippen molar-refractivity contribution in [3.63, 3.8) is 0 Å². The average Bonchev–Trinajstić information content (AvgIpc) is 2.31. The van der Waals surface area contributed by atoms with Gasteiger partial charge in [-0.2, -0.15) is 0 Å². The minimum atomic E-state index is -1.82.